The SMILES string of the molecule is CC1=CC[C@@]2(C=C1C)CCCCC2=O. The maximum atomic E-state index is 11.9. The van der Waals surface area contributed by atoms with E-state index in [-0.39, 0.29) is 5.41 Å². The van der Waals surface area contributed by atoms with Crippen LogP contribution in [0.15, 0.2) is 23.3 Å². The molecule has 76 valence electrons. The number of Topliss-reactive ketones (excluding diaryl/α,β-unsaturated/α-hetero) is 1. The predicted octanol–water partition coefficient (Wildman–Crippen LogP) is 3.41. The Balaban J connectivity index is 2.30. The van der Waals surface area contributed by atoms with Crippen LogP contribution in [0.2, 0.25) is 0 Å². The van der Waals surface area contributed by atoms with Gasteiger partial charge in [0.05, 0.1) is 5.41 Å². The number of ketones is 1. The summed E-state index contributed by atoms with van der Waals surface area (Å²) in [6.07, 6.45) is 9.56. The molecule has 1 nitrogen and oxygen atoms in total. The van der Waals surface area contributed by atoms with Crippen molar-refractivity contribution in [3.63, 3.8) is 0 Å². The van der Waals surface area contributed by atoms with Crippen LogP contribution < -0.4 is 0 Å². The number of carbonyl (C=O) groups excluding carboxylic acids is 1. The summed E-state index contributed by atoms with van der Waals surface area (Å²) in [7, 11) is 0. The molecule has 1 heteroatoms. The van der Waals surface area contributed by atoms with Crippen molar-refractivity contribution in [2.24, 2.45) is 5.41 Å². The van der Waals surface area contributed by atoms with Crippen LogP contribution in [0.5, 0.6) is 0 Å². The average molecular weight is 190 g/mol. The van der Waals surface area contributed by atoms with Crippen LogP contribution in [0.1, 0.15) is 46.0 Å². The highest BCUT2D eigenvalue weighted by Crippen LogP contribution is 2.42. The van der Waals surface area contributed by atoms with Gasteiger partial charge in [0, 0.05) is 6.42 Å². The fourth-order valence-corrected chi connectivity index (χ4v) is 2.57. The molecule has 2 aliphatic rings. The molecule has 2 rings (SSSR count). The van der Waals surface area contributed by atoms with Crippen molar-refractivity contribution in [3.05, 3.63) is 23.3 Å². The third kappa shape index (κ3) is 1.45. The molecule has 0 aromatic carbocycles. The Morgan fingerprint density at radius 1 is 1.21 bits per heavy atom. The average Bonchev–Trinajstić information content (AvgIpc) is 2.17. The first-order chi connectivity index (χ1) is 6.64. The summed E-state index contributed by atoms with van der Waals surface area (Å²) in [6, 6.07) is 0. The van der Waals surface area contributed by atoms with Crippen molar-refractivity contribution in [3.8, 4) is 0 Å². The van der Waals surface area contributed by atoms with Gasteiger partial charge in [0.1, 0.15) is 5.78 Å². The number of carbonyl (C=O) groups is 1. The van der Waals surface area contributed by atoms with E-state index in [0.29, 0.717) is 5.78 Å². The first kappa shape index (κ1) is 9.70. The first-order valence-electron chi connectivity index (χ1n) is 5.54. The molecule has 0 N–H and O–H groups in total. The standard InChI is InChI=1S/C13H18O/c1-10-6-8-13(9-11(10)2)7-4-3-5-12(13)14/h6,9H,3-5,7-8H2,1-2H3/t13-/m1/s1. The Hall–Kier alpha value is -0.850. The molecule has 2 aliphatic carbocycles. The molecular formula is C13H18O. The quantitative estimate of drug-likeness (QED) is 0.572. The molecule has 0 unspecified atom stereocenters. The molecule has 1 saturated carbocycles. The van der Waals surface area contributed by atoms with Crippen LogP contribution in [-0.2, 0) is 4.79 Å². The van der Waals surface area contributed by atoms with Gasteiger partial charge in [-0.25, -0.2) is 0 Å². The fourth-order valence-electron chi connectivity index (χ4n) is 2.57. The molecule has 1 fully saturated rings. The highest BCUT2D eigenvalue weighted by Gasteiger charge is 2.38. The minimum Gasteiger partial charge on any atom is -0.299 e. The molecule has 0 amide bonds. The normalized spacial score (nSPS) is 32.9. The predicted molar refractivity (Wildman–Crippen MR) is 58.0 cm³/mol. The van der Waals surface area contributed by atoms with Gasteiger partial charge < -0.3 is 0 Å². The van der Waals surface area contributed by atoms with Crippen molar-refractivity contribution in [1.82, 2.24) is 0 Å². The van der Waals surface area contributed by atoms with Crippen molar-refractivity contribution < 1.29 is 4.79 Å². The molecule has 0 aromatic heterocycles. The Kier molecular flexibility index (Phi) is 2.34. The van der Waals surface area contributed by atoms with Gasteiger partial charge in [0.15, 0.2) is 0 Å². The van der Waals surface area contributed by atoms with Gasteiger partial charge in [-0.15, -0.1) is 0 Å². The number of hydrogen-bond donors (Lipinski definition) is 0. The smallest absolute Gasteiger partial charge is 0.143 e. The van der Waals surface area contributed by atoms with E-state index in [1.165, 1.54) is 17.6 Å². The number of allylic oxidation sites excluding steroid dienone is 4. The van der Waals surface area contributed by atoms with Crippen LogP contribution in [-0.4, -0.2) is 5.78 Å². The second-order valence-corrected chi connectivity index (χ2v) is 4.71. The Bertz CT molecular complexity index is 322. The van der Waals surface area contributed by atoms with Gasteiger partial charge in [-0.1, -0.05) is 29.7 Å². The molecule has 0 aromatic rings. The van der Waals surface area contributed by atoms with E-state index < -0.39 is 0 Å². The van der Waals surface area contributed by atoms with Crippen LogP contribution in [0, 0.1) is 5.41 Å². The van der Waals surface area contributed by atoms with Gasteiger partial charge >= 0.3 is 0 Å². The minimum atomic E-state index is -0.109. The summed E-state index contributed by atoms with van der Waals surface area (Å²) in [4.78, 5) is 11.9. The third-order valence-electron chi connectivity index (χ3n) is 3.72. The lowest BCUT2D eigenvalue weighted by Gasteiger charge is -2.35. The van der Waals surface area contributed by atoms with Crippen LogP contribution in [0.4, 0.5) is 0 Å². The minimum absolute atomic E-state index is 0.109. The maximum absolute atomic E-state index is 11.9. The van der Waals surface area contributed by atoms with Crippen molar-refractivity contribution in [1.29, 1.82) is 0 Å². The first-order valence-corrected chi connectivity index (χ1v) is 5.54. The Morgan fingerprint density at radius 2 is 2.00 bits per heavy atom. The molecular weight excluding hydrogens is 172 g/mol. The van der Waals surface area contributed by atoms with Gasteiger partial charge in [0.25, 0.3) is 0 Å². The molecule has 0 radical (unpaired) electrons. The van der Waals surface area contributed by atoms with E-state index in [1.54, 1.807) is 0 Å². The second kappa shape index (κ2) is 3.38. The zero-order chi connectivity index (χ0) is 10.2. The summed E-state index contributed by atoms with van der Waals surface area (Å²) in [5.74, 6) is 0.465. The molecule has 14 heavy (non-hydrogen) atoms. The van der Waals surface area contributed by atoms with Crippen molar-refractivity contribution in [2.45, 2.75) is 46.0 Å². The summed E-state index contributed by atoms with van der Waals surface area (Å²) < 4.78 is 0. The highest BCUT2D eigenvalue weighted by molar-refractivity contribution is 5.88. The second-order valence-electron chi connectivity index (χ2n) is 4.71. The van der Waals surface area contributed by atoms with E-state index in [2.05, 4.69) is 26.0 Å². The van der Waals surface area contributed by atoms with Gasteiger partial charge in [-0.05, 0) is 33.1 Å². The largest absolute Gasteiger partial charge is 0.299 e. The van der Waals surface area contributed by atoms with E-state index >= 15 is 0 Å². The monoisotopic (exact) mass is 190 g/mol. The van der Waals surface area contributed by atoms with Crippen molar-refractivity contribution >= 4 is 5.78 Å². The number of hydrogen-bond acceptors (Lipinski definition) is 1. The molecule has 0 aliphatic heterocycles. The zero-order valence-electron chi connectivity index (χ0n) is 9.10. The Morgan fingerprint density at radius 3 is 2.64 bits per heavy atom. The third-order valence-corrected chi connectivity index (χ3v) is 3.72. The van der Waals surface area contributed by atoms with Gasteiger partial charge in [-0.2, -0.15) is 0 Å². The van der Waals surface area contributed by atoms with Crippen molar-refractivity contribution in [2.75, 3.05) is 0 Å². The summed E-state index contributed by atoms with van der Waals surface area (Å²) >= 11 is 0. The number of rotatable bonds is 0. The van der Waals surface area contributed by atoms with Crippen LogP contribution in [0.3, 0.4) is 0 Å². The summed E-state index contributed by atoms with van der Waals surface area (Å²) in [6.45, 7) is 4.25. The topological polar surface area (TPSA) is 17.1 Å². The lowest BCUT2D eigenvalue weighted by molar-refractivity contribution is -0.128. The Labute approximate surface area is 85.9 Å². The molecule has 0 heterocycles. The van der Waals surface area contributed by atoms with E-state index in [0.717, 1.165) is 25.7 Å². The molecule has 1 atom stereocenters. The molecule has 0 bridgehead atoms. The van der Waals surface area contributed by atoms with Crippen LogP contribution in [0.25, 0.3) is 0 Å². The molecule has 0 saturated heterocycles. The van der Waals surface area contributed by atoms with E-state index in [4.69, 9.17) is 0 Å². The fraction of sp³-hybridized carbons (Fsp3) is 0.615. The van der Waals surface area contributed by atoms with E-state index in [9.17, 15) is 4.79 Å². The lowest BCUT2D eigenvalue weighted by atomic mass is 9.67. The lowest BCUT2D eigenvalue weighted by Crippen LogP contribution is -2.33. The van der Waals surface area contributed by atoms with Gasteiger partial charge in [0.2, 0.25) is 0 Å². The zero-order valence-corrected chi connectivity index (χ0v) is 9.10. The van der Waals surface area contributed by atoms with Gasteiger partial charge in [-0.3, -0.25) is 4.79 Å². The molecule has 1 spiro atoms. The maximum Gasteiger partial charge on any atom is 0.143 e. The van der Waals surface area contributed by atoms with E-state index in [1.807, 2.05) is 0 Å². The summed E-state index contributed by atoms with van der Waals surface area (Å²) in [5, 5.41) is 0. The summed E-state index contributed by atoms with van der Waals surface area (Å²) in [5.41, 5.74) is 2.53. The highest BCUT2D eigenvalue weighted by atomic mass is 16.1. The van der Waals surface area contributed by atoms with Crippen LogP contribution >= 0.6 is 0 Å².